The molecule has 0 N–H and O–H groups in total. The van der Waals surface area contributed by atoms with E-state index in [1.165, 1.54) is 6.07 Å². The lowest BCUT2D eigenvalue weighted by molar-refractivity contribution is -0.142. The maximum absolute atomic E-state index is 12.4. The van der Waals surface area contributed by atoms with Crippen molar-refractivity contribution in [3.63, 3.8) is 0 Å². The monoisotopic (exact) mass is 381 g/mol. The lowest BCUT2D eigenvalue weighted by Crippen LogP contribution is -2.13. The van der Waals surface area contributed by atoms with Gasteiger partial charge < -0.3 is 9.47 Å². The molecule has 0 aliphatic rings. The fraction of sp³-hybridized carbons (Fsp3) is 0.333. The summed E-state index contributed by atoms with van der Waals surface area (Å²) in [6, 6.07) is 4.69. The van der Waals surface area contributed by atoms with Gasteiger partial charge in [-0.3, -0.25) is 4.79 Å². The van der Waals surface area contributed by atoms with E-state index in [1.807, 2.05) is 22.6 Å². The lowest BCUT2D eigenvalue weighted by Gasteiger charge is -2.13. The molecule has 0 heterocycles. The van der Waals surface area contributed by atoms with Crippen molar-refractivity contribution in [3.8, 4) is 11.8 Å². The first kappa shape index (κ1) is 15.6. The molecule has 19 heavy (non-hydrogen) atoms. The van der Waals surface area contributed by atoms with Crippen molar-refractivity contribution in [2.45, 2.75) is 20.0 Å². The van der Waals surface area contributed by atoms with Crippen LogP contribution in [-0.2, 0) is 16.0 Å². The van der Waals surface area contributed by atoms with E-state index in [0.29, 0.717) is 3.57 Å². The molecule has 0 aliphatic heterocycles. The maximum atomic E-state index is 12.4. The summed E-state index contributed by atoms with van der Waals surface area (Å²) < 4.78 is 34.4. The van der Waals surface area contributed by atoms with Gasteiger partial charge in [0.25, 0.3) is 0 Å². The second-order valence-electron chi connectivity index (χ2n) is 3.37. The topological polar surface area (TPSA) is 59.3 Å². The summed E-state index contributed by atoms with van der Waals surface area (Å²) in [5.41, 5.74) is 0.193. The minimum atomic E-state index is -3.06. The molecule has 4 nitrogen and oxygen atoms in total. The van der Waals surface area contributed by atoms with Crippen LogP contribution in [0.3, 0.4) is 0 Å². The predicted octanol–water partition coefficient (Wildman–Crippen LogP) is 2.87. The number of nitrogens with zero attached hydrogens (tertiary/aromatic N) is 1. The Morgan fingerprint density at radius 2 is 2.21 bits per heavy atom. The highest BCUT2D eigenvalue weighted by Gasteiger charge is 2.20. The first-order valence-corrected chi connectivity index (χ1v) is 6.39. The highest BCUT2D eigenvalue weighted by molar-refractivity contribution is 14.1. The second-order valence-corrected chi connectivity index (χ2v) is 4.54. The van der Waals surface area contributed by atoms with Crippen LogP contribution in [-0.4, -0.2) is 19.2 Å². The average molecular weight is 381 g/mol. The van der Waals surface area contributed by atoms with E-state index in [0.717, 1.165) is 0 Å². The van der Waals surface area contributed by atoms with Crippen LogP contribution in [0.25, 0.3) is 0 Å². The first-order chi connectivity index (χ1) is 8.99. The summed E-state index contributed by atoms with van der Waals surface area (Å²) >= 11 is 1.89. The van der Waals surface area contributed by atoms with Gasteiger partial charge in [0.2, 0.25) is 0 Å². The molecule has 1 aromatic rings. The molecule has 7 heteroatoms. The number of halogens is 3. The van der Waals surface area contributed by atoms with Crippen LogP contribution in [0.5, 0.6) is 5.75 Å². The molecule has 1 aromatic carbocycles. The van der Waals surface area contributed by atoms with Gasteiger partial charge in [-0.1, -0.05) is 0 Å². The Labute approximate surface area is 122 Å². The van der Waals surface area contributed by atoms with Crippen molar-refractivity contribution in [1.29, 1.82) is 5.26 Å². The van der Waals surface area contributed by atoms with Gasteiger partial charge in [-0.15, -0.1) is 0 Å². The number of rotatable bonds is 5. The van der Waals surface area contributed by atoms with Crippen molar-refractivity contribution in [2.75, 3.05) is 6.61 Å². The lowest BCUT2D eigenvalue weighted by atomic mass is 10.1. The molecule has 0 radical (unpaired) electrons. The SMILES string of the molecule is CCOC(=O)Cc1c(I)ccc(C#N)c1OC(F)F. The summed E-state index contributed by atoms with van der Waals surface area (Å²) in [6.07, 6.45) is -0.219. The molecule has 102 valence electrons. The Balaban J connectivity index is 3.19. The molecule has 0 fully saturated rings. The van der Waals surface area contributed by atoms with Gasteiger partial charge in [0.1, 0.15) is 11.8 Å². The standard InChI is InChI=1S/C12H10F2INO3/c1-2-18-10(17)5-8-9(15)4-3-7(6-16)11(8)19-12(13)14/h3-4,12H,2,5H2,1H3. The van der Waals surface area contributed by atoms with E-state index in [4.69, 9.17) is 10.00 Å². The molecule has 1 rings (SSSR count). The summed E-state index contributed by atoms with van der Waals surface area (Å²) in [5.74, 6) is -0.827. The zero-order valence-corrected chi connectivity index (χ0v) is 12.1. The molecular weight excluding hydrogens is 371 g/mol. The summed E-state index contributed by atoms with van der Waals surface area (Å²) in [6.45, 7) is -1.23. The molecule has 0 unspecified atom stereocenters. The van der Waals surface area contributed by atoms with Crippen LogP contribution in [0.4, 0.5) is 8.78 Å². The smallest absolute Gasteiger partial charge is 0.387 e. The number of esters is 1. The van der Waals surface area contributed by atoms with Crippen LogP contribution >= 0.6 is 22.6 Å². The van der Waals surface area contributed by atoms with E-state index in [1.54, 1.807) is 19.1 Å². The van der Waals surface area contributed by atoms with Gasteiger partial charge in [-0.05, 0) is 41.6 Å². The molecule has 0 saturated heterocycles. The van der Waals surface area contributed by atoms with Gasteiger partial charge in [0, 0.05) is 9.13 Å². The van der Waals surface area contributed by atoms with Gasteiger partial charge in [0.15, 0.2) is 0 Å². The highest BCUT2D eigenvalue weighted by Crippen LogP contribution is 2.30. The van der Waals surface area contributed by atoms with Gasteiger partial charge in [-0.25, -0.2) is 0 Å². The minimum Gasteiger partial charge on any atom is -0.466 e. The fourth-order valence-corrected chi connectivity index (χ4v) is 2.05. The maximum Gasteiger partial charge on any atom is 0.387 e. The van der Waals surface area contributed by atoms with E-state index in [2.05, 4.69) is 4.74 Å². The van der Waals surface area contributed by atoms with Gasteiger partial charge in [-0.2, -0.15) is 14.0 Å². The van der Waals surface area contributed by atoms with Crippen LogP contribution in [0.15, 0.2) is 12.1 Å². The largest absolute Gasteiger partial charge is 0.466 e. The third-order valence-electron chi connectivity index (χ3n) is 2.16. The van der Waals surface area contributed by atoms with Gasteiger partial charge in [0.05, 0.1) is 18.6 Å². The molecule has 0 bridgehead atoms. The normalized spacial score (nSPS) is 10.1. The van der Waals surface area contributed by atoms with E-state index in [9.17, 15) is 13.6 Å². The molecule has 0 aromatic heterocycles. The number of carbonyl (C=O) groups excluding carboxylic acids is 1. The average Bonchev–Trinajstić information content (AvgIpc) is 2.34. The van der Waals surface area contributed by atoms with Crippen LogP contribution in [0.2, 0.25) is 0 Å². The van der Waals surface area contributed by atoms with Crippen molar-refractivity contribution < 1.29 is 23.0 Å². The second kappa shape index (κ2) is 7.23. The van der Waals surface area contributed by atoms with Crippen molar-refractivity contribution in [2.24, 2.45) is 0 Å². The quantitative estimate of drug-likeness (QED) is 0.582. The van der Waals surface area contributed by atoms with E-state index >= 15 is 0 Å². The van der Waals surface area contributed by atoms with Crippen LogP contribution < -0.4 is 4.74 Å². The zero-order valence-electron chi connectivity index (χ0n) is 9.95. The highest BCUT2D eigenvalue weighted by atomic mass is 127. The first-order valence-electron chi connectivity index (χ1n) is 5.31. The summed E-state index contributed by atoms with van der Waals surface area (Å²) in [7, 11) is 0. The number of carbonyl (C=O) groups is 1. The predicted molar refractivity (Wildman–Crippen MR) is 70.8 cm³/mol. The molecule has 0 spiro atoms. The van der Waals surface area contributed by atoms with Crippen molar-refractivity contribution >= 4 is 28.6 Å². The third kappa shape index (κ3) is 4.31. The van der Waals surface area contributed by atoms with E-state index in [-0.39, 0.29) is 29.9 Å². The molecule has 0 amide bonds. The van der Waals surface area contributed by atoms with E-state index < -0.39 is 12.6 Å². The molecule has 0 atom stereocenters. The Bertz CT molecular complexity index is 514. The summed E-state index contributed by atoms with van der Waals surface area (Å²) in [4.78, 5) is 11.5. The Morgan fingerprint density at radius 3 is 2.74 bits per heavy atom. The Morgan fingerprint density at radius 1 is 1.53 bits per heavy atom. The Hall–Kier alpha value is -1.43. The number of ether oxygens (including phenoxy) is 2. The number of hydrogen-bond acceptors (Lipinski definition) is 4. The zero-order chi connectivity index (χ0) is 14.4. The third-order valence-corrected chi connectivity index (χ3v) is 3.17. The molecular formula is C12H10F2INO3. The molecule has 0 aliphatic carbocycles. The minimum absolute atomic E-state index is 0.0417. The number of hydrogen-bond donors (Lipinski definition) is 0. The Kier molecular flexibility index (Phi) is 5.95. The fourth-order valence-electron chi connectivity index (χ4n) is 1.44. The van der Waals surface area contributed by atoms with Crippen molar-refractivity contribution in [1.82, 2.24) is 0 Å². The van der Waals surface area contributed by atoms with Gasteiger partial charge >= 0.3 is 12.6 Å². The number of alkyl halides is 2. The number of benzene rings is 1. The van der Waals surface area contributed by atoms with Crippen LogP contribution in [0.1, 0.15) is 18.1 Å². The van der Waals surface area contributed by atoms with Crippen molar-refractivity contribution in [3.05, 3.63) is 26.8 Å². The number of nitriles is 1. The molecule has 0 saturated carbocycles. The van der Waals surface area contributed by atoms with Crippen LogP contribution in [0, 0.1) is 14.9 Å². The summed E-state index contributed by atoms with van der Waals surface area (Å²) in [5, 5.41) is 8.89.